The van der Waals surface area contributed by atoms with Gasteiger partial charge in [-0.15, -0.1) is 0 Å². The monoisotopic (exact) mass is 324 g/mol. The predicted octanol–water partition coefficient (Wildman–Crippen LogP) is 4.99. The zero-order valence-corrected chi connectivity index (χ0v) is 14.9. The van der Waals surface area contributed by atoms with E-state index in [0.29, 0.717) is 29.5 Å². The third-order valence-electron chi connectivity index (χ3n) is 7.35. The molecular weight excluding hydrogens is 296 g/mol. The van der Waals surface area contributed by atoms with Gasteiger partial charge in [-0.1, -0.05) is 31.7 Å². The van der Waals surface area contributed by atoms with Gasteiger partial charge in [0.05, 0.1) is 12.9 Å². The van der Waals surface area contributed by atoms with Crippen molar-refractivity contribution < 1.29 is 9.53 Å². The van der Waals surface area contributed by atoms with Gasteiger partial charge in [-0.3, -0.25) is 4.79 Å². The largest absolute Gasteiger partial charge is 0.501 e. The van der Waals surface area contributed by atoms with Crippen molar-refractivity contribution in [3.8, 4) is 0 Å². The predicted molar refractivity (Wildman–Crippen MR) is 96.2 cm³/mol. The number of hydrogen-bond acceptors (Lipinski definition) is 2. The Hall–Kier alpha value is -1.57. The van der Waals surface area contributed by atoms with Crippen LogP contribution in [0.2, 0.25) is 0 Å². The van der Waals surface area contributed by atoms with Crippen molar-refractivity contribution in [2.75, 3.05) is 7.11 Å². The second-order valence-corrected chi connectivity index (χ2v) is 8.18. The first-order valence-electron chi connectivity index (χ1n) is 9.36. The molecule has 0 aliphatic heterocycles. The van der Waals surface area contributed by atoms with E-state index in [4.69, 9.17) is 4.74 Å². The summed E-state index contributed by atoms with van der Waals surface area (Å²) in [4.78, 5) is 12.9. The molecule has 2 heteroatoms. The SMILES string of the molecule is C=C1C[C@H]2[C@@H]3CC=C4C=C(OC)CC[C@@H]4[C@H]3C(=C)C[C@]2(CC)C1=O. The second-order valence-electron chi connectivity index (χ2n) is 8.18. The normalized spacial score (nSPS) is 41.2. The Morgan fingerprint density at radius 1 is 1.38 bits per heavy atom. The van der Waals surface area contributed by atoms with Gasteiger partial charge in [0.25, 0.3) is 0 Å². The van der Waals surface area contributed by atoms with Crippen molar-refractivity contribution in [3.63, 3.8) is 0 Å². The van der Waals surface area contributed by atoms with Gasteiger partial charge < -0.3 is 4.74 Å². The van der Waals surface area contributed by atoms with Gasteiger partial charge in [0.15, 0.2) is 5.78 Å². The summed E-state index contributed by atoms with van der Waals surface area (Å²) in [6, 6.07) is 0. The maximum absolute atomic E-state index is 12.9. The van der Waals surface area contributed by atoms with Crippen LogP contribution in [0.1, 0.15) is 45.4 Å². The number of ketones is 1. The summed E-state index contributed by atoms with van der Waals surface area (Å²) >= 11 is 0. The van der Waals surface area contributed by atoms with E-state index in [1.807, 2.05) is 0 Å². The van der Waals surface area contributed by atoms with E-state index in [0.717, 1.165) is 49.9 Å². The van der Waals surface area contributed by atoms with Crippen LogP contribution >= 0.6 is 0 Å². The van der Waals surface area contributed by atoms with E-state index < -0.39 is 0 Å². The maximum atomic E-state index is 12.9. The fourth-order valence-corrected chi connectivity index (χ4v) is 6.22. The zero-order chi connectivity index (χ0) is 17.1. The molecule has 0 aromatic heterocycles. The van der Waals surface area contributed by atoms with Gasteiger partial charge >= 0.3 is 0 Å². The molecule has 0 N–H and O–H groups in total. The average Bonchev–Trinajstić information content (AvgIpc) is 2.86. The van der Waals surface area contributed by atoms with Crippen LogP contribution < -0.4 is 0 Å². The van der Waals surface area contributed by atoms with Crippen molar-refractivity contribution in [3.05, 3.63) is 47.8 Å². The van der Waals surface area contributed by atoms with Crippen molar-refractivity contribution in [1.82, 2.24) is 0 Å². The number of ether oxygens (including phenoxy) is 1. The molecule has 0 unspecified atom stereocenters. The summed E-state index contributed by atoms with van der Waals surface area (Å²) in [5, 5.41) is 0. The molecule has 4 rings (SSSR count). The Bertz CT molecular complexity index is 680. The van der Waals surface area contributed by atoms with Gasteiger partial charge in [-0.25, -0.2) is 0 Å². The van der Waals surface area contributed by atoms with E-state index >= 15 is 0 Å². The van der Waals surface area contributed by atoms with Gasteiger partial charge in [0.1, 0.15) is 0 Å². The van der Waals surface area contributed by atoms with E-state index in [9.17, 15) is 4.79 Å². The lowest BCUT2D eigenvalue weighted by Gasteiger charge is -2.52. The first-order valence-corrected chi connectivity index (χ1v) is 9.36. The average molecular weight is 324 g/mol. The third-order valence-corrected chi connectivity index (χ3v) is 7.35. The molecule has 0 radical (unpaired) electrons. The van der Waals surface area contributed by atoms with E-state index in [1.165, 1.54) is 11.1 Å². The molecule has 0 saturated heterocycles. The molecule has 2 fully saturated rings. The lowest BCUT2D eigenvalue weighted by molar-refractivity contribution is -0.128. The molecule has 128 valence electrons. The minimum Gasteiger partial charge on any atom is -0.501 e. The molecule has 2 saturated carbocycles. The number of hydrogen-bond donors (Lipinski definition) is 0. The summed E-state index contributed by atoms with van der Waals surface area (Å²) < 4.78 is 5.48. The Morgan fingerprint density at radius 2 is 2.17 bits per heavy atom. The lowest BCUT2D eigenvalue weighted by Crippen LogP contribution is -2.47. The highest BCUT2D eigenvalue weighted by Crippen LogP contribution is 2.63. The number of methoxy groups -OCH3 is 1. The standard InChI is InChI=1S/C22H28O2/c1-5-22-12-14(3)20-17-9-7-16(24-4)11-15(17)6-8-18(20)19(22)10-13(2)21(22)23/h6,11,17-20H,2-3,5,7-10,12H2,1,4H3/t17-,18-,19-,20+,22-/m0/s1. The van der Waals surface area contributed by atoms with Crippen molar-refractivity contribution in [2.45, 2.75) is 45.4 Å². The van der Waals surface area contributed by atoms with Crippen molar-refractivity contribution >= 4 is 5.78 Å². The fraction of sp³-hybridized carbons (Fsp3) is 0.591. The Kier molecular flexibility index (Phi) is 3.63. The van der Waals surface area contributed by atoms with Crippen LogP contribution in [-0.4, -0.2) is 12.9 Å². The molecule has 0 spiro atoms. The first kappa shape index (κ1) is 15.9. The van der Waals surface area contributed by atoms with Crippen LogP contribution in [0.3, 0.4) is 0 Å². The number of carbonyl (C=O) groups excluding carboxylic acids is 1. The highest BCUT2D eigenvalue weighted by atomic mass is 16.5. The minimum absolute atomic E-state index is 0.205. The van der Waals surface area contributed by atoms with Crippen LogP contribution in [-0.2, 0) is 9.53 Å². The lowest BCUT2D eigenvalue weighted by atomic mass is 9.51. The molecule has 4 aliphatic carbocycles. The molecule has 0 heterocycles. The fourth-order valence-electron chi connectivity index (χ4n) is 6.22. The van der Waals surface area contributed by atoms with Gasteiger partial charge in [0.2, 0.25) is 0 Å². The number of fused-ring (bicyclic) bond motifs is 5. The number of carbonyl (C=O) groups is 1. The molecule has 5 atom stereocenters. The zero-order valence-electron chi connectivity index (χ0n) is 14.9. The van der Waals surface area contributed by atoms with Gasteiger partial charge in [-0.05, 0) is 73.0 Å². The van der Waals surface area contributed by atoms with E-state index in [2.05, 4.69) is 32.2 Å². The van der Waals surface area contributed by atoms with Crippen LogP contribution in [0.25, 0.3) is 0 Å². The smallest absolute Gasteiger partial charge is 0.165 e. The molecule has 2 nitrogen and oxygen atoms in total. The molecule has 4 aliphatic rings. The highest BCUT2D eigenvalue weighted by molar-refractivity contribution is 6.02. The van der Waals surface area contributed by atoms with Crippen LogP contribution in [0.5, 0.6) is 0 Å². The summed E-state index contributed by atoms with van der Waals surface area (Å²) in [5.41, 5.74) is 3.40. The van der Waals surface area contributed by atoms with Crippen LogP contribution in [0.4, 0.5) is 0 Å². The second kappa shape index (κ2) is 5.47. The van der Waals surface area contributed by atoms with Crippen LogP contribution in [0, 0.1) is 29.1 Å². The molecule has 24 heavy (non-hydrogen) atoms. The minimum atomic E-state index is -0.205. The highest BCUT2D eigenvalue weighted by Gasteiger charge is 2.59. The van der Waals surface area contributed by atoms with E-state index in [-0.39, 0.29) is 5.41 Å². The number of allylic oxidation sites excluding steroid dienone is 6. The summed E-state index contributed by atoms with van der Waals surface area (Å²) in [5.74, 6) is 3.54. The third kappa shape index (κ3) is 1.98. The van der Waals surface area contributed by atoms with E-state index in [1.54, 1.807) is 7.11 Å². The van der Waals surface area contributed by atoms with Crippen LogP contribution in [0.15, 0.2) is 47.8 Å². The summed E-state index contributed by atoms with van der Waals surface area (Å²) in [6.07, 6.45) is 10.6. The van der Waals surface area contributed by atoms with Gasteiger partial charge in [0, 0.05) is 11.8 Å². The Morgan fingerprint density at radius 3 is 2.88 bits per heavy atom. The summed E-state index contributed by atoms with van der Waals surface area (Å²) in [6.45, 7) is 10.8. The maximum Gasteiger partial charge on any atom is 0.165 e. The molecule has 0 aromatic rings. The molecular formula is C22H28O2. The summed E-state index contributed by atoms with van der Waals surface area (Å²) in [7, 11) is 1.77. The Balaban J connectivity index is 1.74. The molecule has 0 amide bonds. The first-order chi connectivity index (χ1) is 11.5. The van der Waals surface area contributed by atoms with Crippen molar-refractivity contribution in [2.24, 2.45) is 29.1 Å². The molecule has 0 bridgehead atoms. The number of rotatable bonds is 2. The topological polar surface area (TPSA) is 26.3 Å². The number of Topliss-reactive ketones (excluding diaryl/α,β-unsaturated/α-hetero) is 1. The van der Waals surface area contributed by atoms with Crippen molar-refractivity contribution in [1.29, 1.82) is 0 Å². The quantitative estimate of drug-likeness (QED) is 0.528. The Labute approximate surface area is 145 Å². The molecule has 0 aromatic carbocycles. The van der Waals surface area contributed by atoms with Gasteiger partial charge in [-0.2, -0.15) is 0 Å².